The van der Waals surface area contributed by atoms with E-state index in [1.165, 1.54) is 19.9 Å². The molecule has 2 rings (SSSR count). The van der Waals surface area contributed by atoms with Crippen LogP contribution < -0.4 is 20.1 Å². The van der Waals surface area contributed by atoms with E-state index in [1.807, 2.05) is 31.2 Å². The zero-order chi connectivity index (χ0) is 20.7. The van der Waals surface area contributed by atoms with E-state index in [4.69, 9.17) is 9.47 Å². The van der Waals surface area contributed by atoms with Crippen molar-refractivity contribution in [2.75, 3.05) is 19.0 Å². The average Bonchev–Trinajstić information content (AvgIpc) is 2.66. The van der Waals surface area contributed by atoms with Gasteiger partial charge in [-0.05, 0) is 38.1 Å². The number of ketones is 1. The molecule has 7 heteroatoms. The molecule has 2 N–H and O–H groups in total. The van der Waals surface area contributed by atoms with E-state index in [0.29, 0.717) is 17.0 Å². The molecular weight excluding hydrogens is 360 g/mol. The molecule has 0 heterocycles. The van der Waals surface area contributed by atoms with Gasteiger partial charge in [-0.1, -0.05) is 18.2 Å². The fourth-order valence-corrected chi connectivity index (χ4v) is 2.68. The molecule has 0 saturated carbocycles. The molecule has 0 bridgehead atoms. The van der Waals surface area contributed by atoms with Gasteiger partial charge in [-0.25, -0.2) is 0 Å². The van der Waals surface area contributed by atoms with Crippen molar-refractivity contribution >= 4 is 23.3 Å². The maximum atomic E-state index is 12.3. The standard InChI is InChI=1S/C21H24N2O5/c1-13(17-7-5-6-8-19(17)27-4)22-21(26)12-28-20-11-16(14(2)24)9-10-18(20)23-15(3)25/h5-11,13H,12H2,1-4H3,(H,22,26)(H,23,25). The van der Waals surface area contributed by atoms with Crippen molar-refractivity contribution in [1.82, 2.24) is 5.32 Å². The van der Waals surface area contributed by atoms with E-state index in [2.05, 4.69) is 10.6 Å². The third-order valence-electron chi connectivity index (χ3n) is 4.04. The Morgan fingerprint density at radius 2 is 1.75 bits per heavy atom. The van der Waals surface area contributed by atoms with Crippen molar-refractivity contribution < 1.29 is 23.9 Å². The number of anilines is 1. The first-order valence-electron chi connectivity index (χ1n) is 8.79. The summed E-state index contributed by atoms with van der Waals surface area (Å²) in [4.78, 5) is 35.3. The smallest absolute Gasteiger partial charge is 0.258 e. The number of para-hydroxylation sites is 1. The number of benzene rings is 2. The Balaban J connectivity index is 2.08. The number of ether oxygens (including phenoxy) is 2. The van der Waals surface area contributed by atoms with Crippen LogP contribution in [0.4, 0.5) is 5.69 Å². The van der Waals surface area contributed by atoms with E-state index in [1.54, 1.807) is 19.2 Å². The van der Waals surface area contributed by atoms with Crippen LogP contribution >= 0.6 is 0 Å². The maximum Gasteiger partial charge on any atom is 0.258 e. The van der Waals surface area contributed by atoms with Crippen LogP contribution in [0.25, 0.3) is 0 Å². The molecule has 0 spiro atoms. The molecule has 2 aromatic carbocycles. The first-order chi connectivity index (χ1) is 13.3. The number of rotatable bonds is 8. The Morgan fingerprint density at radius 1 is 1.04 bits per heavy atom. The molecule has 28 heavy (non-hydrogen) atoms. The molecule has 0 fully saturated rings. The summed E-state index contributed by atoms with van der Waals surface area (Å²) in [6, 6.07) is 11.8. The van der Waals surface area contributed by atoms with Crippen LogP contribution in [-0.2, 0) is 9.59 Å². The zero-order valence-corrected chi connectivity index (χ0v) is 16.4. The summed E-state index contributed by atoms with van der Waals surface area (Å²) in [5.41, 5.74) is 1.66. The van der Waals surface area contributed by atoms with Gasteiger partial charge < -0.3 is 20.1 Å². The molecule has 2 aromatic rings. The predicted molar refractivity (Wildman–Crippen MR) is 106 cm³/mol. The minimum atomic E-state index is -0.347. The van der Waals surface area contributed by atoms with Gasteiger partial charge in [0.2, 0.25) is 5.91 Å². The van der Waals surface area contributed by atoms with Gasteiger partial charge in [-0.15, -0.1) is 0 Å². The Bertz CT molecular complexity index is 879. The lowest BCUT2D eigenvalue weighted by Crippen LogP contribution is -2.31. The minimum Gasteiger partial charge on any atom is -0.496 e. The highest BCUT2D eigenvalue weighted by atomic mass is 16.5. The molecule has 0 aromatic heterocycles. The van der Waals surface area contributed by atoms with Gasteiger partial charge in [0, 0.05) is 18.1 Å². The SMILES string of the molecule is COc1ccccc1C(C)NC(=O)COc1cc(C(C)=O)ccc1NC(C)=O. The van der Waals surface area contributed by atoms with Crippen molar-refractivity contribution in [3.63, 3.8) is 0 Å². The number of Topliss-reactive ketones (excluding diaryl/α,β-unsaturated/α-hetero) is 1. The Kier molecular flexibility index (Phi) is 7.14. The highest BCUT2D eigenvalue weighted by molar-refractivity contribution is 5.96. The number of hydrogen-bond acceptors (Lipinski definition) is 5. The number of carbonyl (C=O) groups is 3. The number of carbonyl (C=O) groups excluding carboxylic acids is 3. The molecule has 0 saturated heterocycles. The lowest BCUT2D eigenvalue weighted by molar-refractivity contribution is -0.123. The molecule has 148 valence electrons. The van der Waals surface area contributed by atoms with Crippen LogP contribution in [0.2, 0.25) is 0 Å². The first kappa shape index (κ1) is 21.0. The molecule has 7 nitrogen and oxygen atoms in total. The third kappa shape index (κ3) is 5.57. The van der Waals surface area contributed by atoms with E-state index >= 15 is 0 Å². The van der Waals surface area contributed by atoms with Crippen LogP contribution in [0, 0.1) is 0 Å². The van der Waals surface area contributed by atoms with Crippen LogP contribution in [-0.4, -0.2) is 31.3 Å². The zero-order valence-electron chi connectivity index (χ0n) is 16.4. The second kappa shape index (κ2) is 9.55. The molecular formula is C21H24N2O5. The molecule has 0 aliphatic heterocycles. The lowest BCUT2D eigenvalue weighted by atomic mass is 10.1. The molecule has 0 aliphatic rings. The quantitative estimate of drug-likeness (QED) is 0.682. The largest absolute Gasteiger partial charge is 0.496 e. The molecule has 2 amide bonds. The van der Waals surface area contributed by atoms with Gasteiger partial charge in [0.1, 0.15) is 11.5 Å². The Hall–Kier alpha value is -3.35. The second-order valence-corrected chi connectivity index (χ2v) is 6.27. The number of hydrogen-bond donors (Lipinski definition) is 2. The molecule has 1 unspecified atom stereocenters. The Morgan fingerprint density at radius 3 is 2.39 bits per heavy atom. The van der Waals surface area contributed by atoms with Crippen LogP contribution in [0.1, 0.15) is 42.7 Å². The topological polar surface area (TPSA) is 93.7 Å². The summed E-state index contributed by atoms with van der Waals surface area (Å²) in [6.45, 7) is 4.37. The van der Waals surface area contributed by atoms with Crippen LogP contribution in [0.15, 0.2) is 42.5 Å². The fraction of sp³-hybridized carbons (Fsp3) is 0.286. The van der Waals surface area contributed by atoms with Gasteiger partial charge in [-0.3, -0.25) is 14.4 Å². The van der Waals surface area contributed by atoms with Crippen molar-refractivity contribution in [2.45, 2.75) is 26.8 Å². The van der Waals surface area contributed by atoms with Crippen molar-refractivity contribution in [3.8, 4) is 11.5 Å². The lowest BCUT2D eigenvalue weighted by Gasteiger charge is -2.18. The Labute approximate surface area is 164 Å². The van der Waals surface area contributed by atoms with E-state index in [-0.39, 0.29) is 36.0 Å². The predicted octanol–water partition coefficient (Wildman–Crippen LogP) is 3.11. The van der Waals surface area contributed by atoms with Gasteiger partial charge in [0.15, 0.2) is 12.4 Å². The van der Waals surface area contributed by atoms with Gasteiger partial charge in [0.05, 0.1) is 18.8 Å². The molecule has 1 atom stereocenters. The minimum absolute atomic E-state index is 0.145. The van der Waals surface area contributed by atoms with Crippen molar-refractivity contribution in [2.24, 2.45) is 0 Å². The fourth-order valence-electron chi connectivity index (χ4n) is 2.68. The second-order valence-electron chi connectivity index (χ2n) is 6.27. The number of methoxy groups -OCH3 is 1. The van der Waals surface area contributed by atoms with Crippen molar-refractivity contribution in [3.05, 3.63) is 53.6 Å². The molecule has 0 radical (unpaired) electrons. The van der Waals surface area contributed by atoms with Gasteiger partial charge in [-0.2, -0.15) is 0 Å². The summed E-state index contributed by atoms with van der Waals surface area (Å²) in [6.07, 6.45) is 0. The maximum absolute atomic E-state index is 12.3. The summed E-state index contributed by atoms with van der Waals surface area (Å²) >= 11 is 0. The normalized spacial score (nSPS) is 11.3. The average molecular weight is 384 g/mol. The third-order valence-corrected chi connectivity index (χ3v) is 4.04. The number of amides is 2. The van der Waals surface area contributed by atoms with Crippen LogP contribution in [0.3, 0.4) is 0 Å². The highest BCUT2D eigenvalue weighted by Crippen LogP contribution is 2.27. The summed E-state index contributed by atoms with van der Waals surface area (Å²) in [7, 11) is 1.57. The highest BCUT2D eigenvalue weighted by Gasteiger charge is 2.15. The van der Waals surface area contributed by atoms with E-state index in [0.717, 1.165) is 5.56 Å². The number of nitrogens with one attached hydrogen (secondary N) is 2. The van der Waals surface area contributed by atoms with E-state index in [9.17, 15) is 14.4 Å². The van der Waals surface area contributed by atoms with Crippen molar-refractivity contribution in [1.29, 1.82) is 0 Å². The molecule has 0 aliphatic carbocycles. The van der Waals surface area contributed by atoms with Crippen LogP contribution in [0.5, 0.6) is 11.5 Å². The summed E-state index contributed by atoms with van der Waals surface area (Å²) in [5.74, 6) is 0.157. The van der Waals surface area contributed by atoms with E-state index < -0.39 is 0 Å². The van der Waals surface area contributed by atoms with Gasteiger partial charge >= 0.3 is 0 Å². The monoisotopic (exact) mass is 384 g/mol. The summed E-state index contributed by atoms with van der Waals surface area (Å²) in [5, 5.41) is 5.46. The first-order valence-corrected chi connectivity index (χ1v) is 8.79. The summed E-state index contributed by atoms with van der Waals surface area (Å²) < 4.78 is 10.9. The van der Waals surface area contributed by atoms with Gasteiger partial charge in [0.25, 0.3) is 5.91 Å².